The van der Waals surface area contributed by atoms with Gasteiger partial charge in [-0.15, -0.1) is 0 Å². The molecule has 0 spiro atoms. The van der Waals surface area contributed by atoms with Crippen molar-refractivity contribution < 1.29 is 4.79 Å². The standard InChI is InChI=1S/C13H17N3O/c1-4-9-7-15-12(11(14-3)8(9)2)16-13(17)10-5-6-10/h4,7,10,14H,1,5-6H2,2-3H3,(H,15,16,17). The number of hydrogen-bond acceptors (Lipinski definition) is 3. The molecule has 0 atom stereocenters. The number of aromatic nitrogens is 1. The summed E-state index contributed by atoms with van der Waals surface area (Å²) in [7, 11) is 1.82. The van der Waals surface area contributed by atoms with Crippen LogP contribution in [0.4, 0.5) is 11.5 Å². The van der Waals surface area contributed by atoms with Crippen LogP contribution < -0.4 is 10.6 Å². The monoisotopic (exact) mass is 231 g/mol. The molecule has 1 saturated carbocycles. The molecule has 1 aliphatic rings. The lowest BCUT2D eigenvalue weighted by Gasteiger charge is -2.14. The molecule has 90 valence electrons. The van der Waals surface area contributed by atoms with Crippen molar-refractivity contribution in [1.29, 1.82) is 0 Å². The molecular formula is C13H17N3O. The first-order chi connectivity index (χ1) is 8.17. The maximum atomic E-state index is 11.7. The third-order valence-corrected chi connectivity index (χ3v) is 3.04. The summed E-state index contributed by atoms with van der Waals surface area (Å²) < 4.78 is 0. The van der Waals surface area contributed by atoms with E-state index in [0.29, 0.717) is 5.82 Å². The lowest BCUT2D eigenvalue weighted by atomic mass is 10.1. The molecule has 0 aromatic carbocycles. The zero-order valence-electron chi connectivity index (χ0n) is 10.2. The number of amides is 1. The summed E-state index contributed by atoms with van der Waals surface area (Å²) >= 11 is 0. The van der Waals surface area contributed by atoms with Crippen molar-refractivity contribution in [2.75, 3.05) is 17.7 Å². The van der Waals surface area contributed by atoms with E-state index in [9.17, 15) is 4.79 Å². The molecule has 1 aromatic rings. The zero-order chi connectivity index (χ0) is 12.4. The van der Waals surface area contributed by atoms with Gasteiger partial charge in [-0.3, -0.25) is 4.79 Å². The second-order valence-corrected chi connectivity index (χ2v) is 4.28. The minimum absolute atomic E-state index is 0.0692. The average molecular weight is 231 g/mol. The van der Waals surface area contributed by atoms with Crippen LogP contribution in [0.5, 0.6) is 0 Å². The quantitative estimate of drug-likeness (QED) is 0.836. The third kappa shape index (κ3) is 2.30. The van der Waals surface area contributed by atoms with E-state index in [2.05, 4.69) is 22.2 Å². The first-order valence-corrected chi connectivity index (χ1v) is 5.78. The molecule has 1 fully saturated rings. The van der Waals surface area contributed by atoms with E-state index in [1.54, 1.807) is 12.3 Å². The Morgan fingerprint density at radius 1 is 1.59 bits per heavy atom. The number of nitrogens with zero attached hydrogens (tertiary/aromatic N) is 1. The van der Waals surface area contributed by atoms with Gasteiger partial charge in [0.2, 0.25) is 5.91 Å². The number of carbonyl (C=O) groups excluding carboxylic acids is 1. The summed E-state index contributed by atoms with van der Waals surface area (Å²) in [4.78, 5) is 16.0. The Bertz CT molecular complexity index is 464. The van der Waals surface area contributed by atoms with Gasteiger partial charge in [0.15, 0.2) is 5.82 Å². The zero-order valence-corrected chi connectivity index (χ0v) is 10.2. The van der Waals surface area contributed by atoms with Gasteiger partial charge in [-0.05, 0) is 30.9 Å². The van der Waals surface area contributed by atoms with Crippen LogP contribution in [0.2, 0.25) is 0 Å². The Labute approximate surface area is 101 Å². The second-order valence-electron chi connectivity index (χ2n) is 4.28. The van der Waals surface area contributed by atoms with E-state index in [1.807, 2.05) is 14.0 Å². The van der Waals surface area contributed by atoms with Gasteiger partial charge >= 0.3 is 0 Å². The van der Waals surface area contributed by atoms with Crippen molar-refractivity contribution in [3.63, 3.8) is 0 Å². The molecule has 1 aliphatic carbocycles. The third-order valence-electron chi connectivity index (χ3n) is 3.04. The molecule has 0 bridgehead atoms. The number of anilines is 2. The van der Waals surface area contributed by atoms with Gasteiger partial charge in [-0.25, -0.2) is 4.98 Å². The SMILES string of the molecule is C=Cc1cnc(NC(=O)C2CC2)c(NC)c1C. The van der Waals surface area contributed by atoms with Crippen molar-refractivity contribution in [2.45, 2.75) is 19.8 Å². The van der Waals surface area contributed by atoms with Crippen LogP contribution in [-0.4, -0.2) is 17.9 Å². The Morgan fingerprint density at radius 2 is 2.29 bits per heavy atom. The molecule has 4 nitrogen and oxygen atoms in total. The first kappa shape index (κ1) is 11.6. The molecule has 0 saturated heterocycles. The molecule has 1 amide bonds. The Hall–Kier alpha value is -1.84. The van der Waals surface area contributed by atoms with E-state index in [-0.39, 0.29) is 11.8 Å². The van der Waals surface area contributed by atoms with E-state index >= 15 is 0 Å². The molecule has 1 aromatic heterocycles. The second kappa shape index (κ2) is 4.57. The van der Waals surface area contributed by atoms with Crippen LogP contribution in [0.3, 0.4) is 0 Å². The number of carbonyl (C=O) groups is 1. The Kier molecular flexibility index (Phi) is 3.13. The van der Waals surface area contributed by atoms with E-state index in [0.717, 1.165) is 29.7 Å². The van der Waals surface area contributed by atoms with E-state index in [4.69, 9.17) is 0 Å². The van der Waals surface area contributed by atoms with Crippen molar-refractivity contribution in [3.05, 3.63) is 23.9 Å². The van der Waals surface area contributed by atoms with Crippen LogP contribution in [0.15, 0.2) is 12.8 Å². The van der Waals surface area contributed by atoms with Gasteiger partial charge in [-0.1, -0.05) is 12.7 Å². The van der Waals surface area contributed by atoms with Crippen LogP contribution in [0.25, 0.3) is 6.08 Å². The van der Waals surface area contributed by atoms with Crippen LogP contribution in [0, 0.1) is 12.8 Å². The predicted octanol–water partition coefficient (Wildman–Crippen LogP) is 2.42. The fourth-order valence-corrected chi connectivity index (χ4v) is 1.79. The average Bonchev–Trinajstić information content (AvgIpc) is 3.13. The maximum absolute atomic E-state index is 11.7. The van der Waals surface area contributed by atoms with Crippen molar-refractivity contribution >= 4 is 23.5 Å². The highest BCUT2D eigenvalue weighted by Crippen LogP contribution is 2.32. The molecule has 0 radical (unpaired) electrons. The summed E-state index contributed by atoms with van der Waals surface area (Å²) in [6, 6.07) is 0. The minimum atomic E-state index is 0.0692. The molecule has 2 rings (SSSR count). The summed E-state index contributed by atoms with van der Waals surface area (Å²) in [5.41, 5.74) is 2.87. The number of pyridine rings is 1. The smallest absolute Gasteiger partial charge is 0.228 e. The molecule has 0 unspecified atom stereocenters. The van der Waals surface area contributed by atoms with Crippen molar-refractivity contribution in [3.8, 4) is 0 Å². The Balaban J connectivity index is 2.29. The van der Waals surface area contributed by atoms with Crippen molar-refractivity contribution in [1.82, 2.24) is 4.98 Å². The summed E-state index contributed by atoms with van der Waals surface area (Å²) in [5.74, 6) is 0.855. The molecule has 0 aliphatic heterocycles. The fraction of sp³-hybridized carbons (Fsp3) is 0.385. The van der Waals surface area contributed by atoms with Gasteiger partial charge in [0.05, 0.1) is 5.69 Å². The molecule has 2 N–H and O–H groups in total. The molecule has 1 heterocycles. The van der Waals surface area contributed by atoms with E-state index in [1.165, 1.54) is 0 Å². The molecular weight excluding hydrogens is 214 g/mol. The van der Waals surface area contributed by atoms with Crippen LogP contribution >= 0.6 is 0 Å². The highest BCUT2D eigenvalue weighted by molar-refractivity contribution is 5.96. The normalized spacial score (nSPS) is 14.2. The lowest BCUT2D eigenvalue weighted by Crippen LogP contribution is -2.16. The largest absolute Gasteiger partial charge is 0.385 e. The van der Waals surface area contributed by atoms with Gasteiger partial charge in [0.25, 0.3) is 0 Å². The topological polar surface area (TPSA) is 54.0 Å². The predicted molar refractivity (Wildman–Crippen MR) is 70.0 cm³/mol. The van der Waals surface area contributed by atoms with Crippen LogP contribution in [0.1, 0.15) is 24.0 Å². The number of hydrogen-bond donors (Lipinski definition) is 2. The Morgan fingerprint density at radius 3 is 2.82 bits per heavy atom. The number of nitrogens with one attached hydrogen (secondary N) is 2. The highest BCUT2D eigenvalue weighted by Gasteiger charge is 2.30. The van der Waals surface area contributed by atoms with Crippen LogP contribution in [-0.2, 0) is 4.79 Å². The molecule has 17 heavy (non-hydrogen) atoms. The van der Waals surface area contributed by atoms with Gasteiger partial charge in [0, 0.05) is 19.2 Å². The van der Waals surface area contributed by atoms with E-state index < -0.39 is 0 Å². The lowest BCUT2D eigenvalue weighted by molar-refractivity contribution is -0.117. The highest BCUT2D eigenvalue weighted by atomic mass is 16.2. The fourth-order valence-electron chi connectivity index (χ4n) is 1.79. The van der Waals surface area contributed by atoms with Gasteiger partial charge in [0.1, 0.15) is 0 Å². The van der Waals surface area contributed by atoms with Crippen molar-refractivity contribution in [2.24, 2.45) is 5.92 Å². The summed E-state index contributed by atoms with van der Waals surface area (Å²) in [6.07, 6.45) is 5.47. The number of rotatable bonds is 4. The van der Waals surface area contributed by atoms with Gasteiger partial charge in [-0.2, -0.15) is 0 Å². The summed E-state index contributed by atoms with van der Waals surface area (Å²) in [5, 5.41) is 5.95. The molecule has 4 heteroatoms. The minimum Gasteiger partial charge on any atom is -0.385 e. The first-order valence-electron chi connectivity index (χ1n) is 5.78. The maximum Gasteiger partial charge on any atom is 0.228 e. The summed E-state index contributed by atoms with van der Waals surface area (Å²) in [6.45, 7) is 5.72. The van der Waals surface area contributed by atoms with Gasteiger partial charge < -0.3 is 10.6 Å².